The minimum Gasteiger partial charge on any atom is -0.381 e. The maximum absolute atomic E-state index is 5.40. The van der Waals surface area contributed by atoms with Crippen LogP contribution in [0.4, 0.5) is 0 Å². The summed E-state index contributed by atoms with van der Waals surface area (Å²) in [6, 6.07) is 0. The summed E-state index contributed by atoms with van der Waals surface area (Å²) in [5.41, 5.74) is 0. The van der Waals surface area contributed by atoms with E-state index in [2.05, 4.69) is 27.5 Å². The zero-order valence-electron chi connectivity index (χ0n) is 10.4. The molecule has 0 amide bonds. The van der Waals surface area contributed by atoms with Crippen molar-refractivity contribution < 1.29 is 4.74 Å². The lowest BCUT2D eigenvalue weighted by molar-refractivity contribution is 0.193. The predicted molar refractivity (Wildman–Crippen MR) is 69.1 cm³/mol. The molecule has 6 nitrogen and oxygen atoms in total. The molecule has 18 heavy (non-hydrogen) atoms. The van der Waals surface area contributed by atoms with Crippen molar-refractivity contribution in [1.29, 1.82) is 0 Å². The van der Waals surface area contributed by atoms with Gasteiger partial charge in [-0.05, 0) is 13.0 Å². The van der Waals surface area contributed by atoms with Gasteiger partial charge in [-0.3, -0.25) is 0 Å². The van der Waals surface area contributed by atoms with Gasteiger partial charge in [0.2, 0.25) is 4.96 Å². The van der Waals surface area contributed by atoms with Crippen LogP contribution in [0.1, 0.15) is 30.1 Å². The highest BCUT2D eigenvalue weighted by Crippen LogP contribution is 2.25. The van der Waals surface area contributed by atoms with E-state index in [1.165, 1.54) is 0 Å². The average molecular weight is 267 g/mol. The van der Waals surface area contributed by atoms with Gasteiger partial charge in [-0.1, -0.05) is 18.3 Å². The highest BCUT2D eigenvalue weighted by Gasteiger charge is 2.24. The van der Waals surface area contributed by atoms with Crippen LogP contribution in [0.15, 0.2) is 0 Å². The second kappa shape index (κ2) is 5.29. The molecular formula is C11H17N5OS. The number of nitrogens with one attached hydrogen (secondary N) is 1. The van der Waals surface area contributed by atoms with Crippen molar-refractivity contribution in [1.82, 2.24) is 25.1 Å². The Kier molecular flexibility index (Phi) is 3.53. The molecule has 0 aromatic carbocycles. The molecule has 0 saturated carbocycles. The first kappa shape index (κ1) is 12.0. The van der Waals surface area contributed by atoms with E-state index in [1.54, 1.807) is 11.3 Å². The molecule has 1 N–H and O–H groups in total. The van der Waals surface area contributed by atoms with Crippen LogP contribution in [0.2, 0.25) is 0 Å². The van der Waals surface area contributed by atoms with Crippen molar-refractivity contribution in [3.63, 3.8) is 0 Å². The molecule has 0 spiro atoms. The van der Waals surface area contributed by atoms with Gasteiger partial charge in [0.15, 0.2) is 5.82 Å². The summed E-state index contributed by atoms with van der Waals surface area (Å²) in [4.78, 5) is 0.892. The first-order chi connectivity index (χ1) is 8.88. The van der Waals surface area contributed by atoms with E-state index in [1.807, 2.05) is 4.52 Å². The first-order valence-corrected chi connectivity index (χ1v) is 7.19. The molecule has 2 aromatic rings. The highest BCUT2D eigenvalue weighted by atomic mass is 32.1. The molecule has 2 aromatic heterocycles. The molecule has 1 unspecified atom stereocenters. The van der Waals surface area contributed by atoms with E-state index in [4.69, 9.17) is 4.74 Å². The third-order valence-electron chi connectivity index (χ3n) is 3.12. The fraction of sp³-hybridized carbons (Fsp3) is 0.727. The largest absolute Gasteiger partial charge is 0.381 e. The van der Waals surface area contributed by atoms with Gasteiger partial charge < -0.3 is 10.1 Å². The summed E-state index contributed by atoms with van der Waals surface area (Å²) in [6.45, 7) is 5.62. The normalized spacial score (nSPS) is 19.9. The van der Waals surface area contributed by atoms with Crippen LogP contribution in [-0.2, 0) is 11.2 Å². The Hall–Kier alpha value is -1.05. The van der Waals surface area contributed by atoms with Crippen molar-refractivity contribution >= 4 is 16.3 Å². The Morgan fingerprint density at radius 2 is 2.44 bits per heavy atom. The van der Waals surface area contributed by atoms with Crippen molar-refractivity contribution in [2.75, 3.05) is 26.3 Å². The topological polar surface area (TPSA) is 64.3 Å². The van der Waals surface area contributed by atoms with Crippen molar-refractivity contribution in [3.8, 4) is 0 Å². The zero-order valence-corrected chi connectivity index (χ0v) is 11.2. The maximum Gasteiger partial charge on any atom is 0.234 e. The van der Waals surface area contributed by atoms with Gasteiger partial charge in [-0.15, -0.1) is 10.2 Å². The van der Waals surface area contributed by atoms with Crippen LogP contribution in [0.25, 0.3) is 4.96 Å². The van der Waals surface area contributed by atoms with E-state index in [9.17, 15) is 0 Å². The summed E-state index contributed by atoms with van der Waals surface area (Å²) >= 11 is 1.62. The molecule has 1 saturated heterocycles. The number of hydrogen-bond donors (Lipinski definition) is 1. The minimum atomic E-state index is 0.351. The van der Waals surface area contributed by atoms with E-state index in [0.717, 1.165) is 54.9 Å². The Bertz CT molecular complexity index is 516. The number of nitrogens with zero attached hydrogens (tertiary/aromatic N) is 4. The highest BCUT2D eigenvalue weighted by molar-refractivity contribution is 7.16. The Labute approximate surface area is 109 Å². The smallest absolute Gasteiger partial charge is 0.234 e. The maximum atomic E-state index is 5.40. The predicted octanol–water partition coefficient (Wildman–Crippen LogP) is 0.842. The van der Waals surface area contributed by atoms with E-state index >= 15 is 0 Å². The van der Waals surface area contributed by atoms with Crippen LogP contribution >= 0.6 is 11.3 Å². The summed E-state index contributed by atoms with van der Waals surface area (Å²) < 4.78 is 7.29. The third-order valence-corrected chi connectivity index (χ3v) is 4.08. The van der Waals surface area contributed by atoms with Crippen LogP contribution < -0.4 is 5.32 Å². The van der Waals surface area contributed by atoms with Gasteiger partial charge in [0.1, 0.15) is 5.01 Å². The Balaban J connectivity index is 1.79. The van der Waals surface area contributed by atoms with Gasteiger partial charge in [0, 0.05) is 25.5 Å². The van der Waals surface area contributed by atoms with Crippen molar-refractivity contribution in [3.05, 3.63) is 10.8 Å². The quantitative estimate of drug-likeness (QED) is 0.813. The number of fused-ring (bicyclic) bond motifs is 1. The first-order valence-electron chi connectivity index (χ1n) is 6.38. The molecule has 1 atom stereocenters. The summed E-state index contributed by atoms with van der Waals surface area (Å²) in [5.74, 6) is 1.30. The van der Waals surface area contributed by atoms with Crippen molar-refractivity contribution in [2.45, 2.75) is 25.7 Å². The van der Waals surface area contributed by atoms with Crippen LogP contribution in [0, 0.1) is 0 Å². The molecule has 98 valence electrons. The van der Waals surface area contributed by atoms with Crippen molar-refractivity contribution in [2.24, 2.45) is 0 Å². The minimum absolute atomic E-state index is 0.351. The Morgan fingerprint density at radius 1 is 1.50 bits per heavy atom. The molecule has 7 heteroatoms. The van der Waals surface area contributed by atoms with E-state index < -0.39 is 0 Å². The van der Waals surface area contributed by atoms with Gasteiger partial charge in [0.05, 0.1) is 6.61 Å². The monoisotopic (exact) mass is 267 g/mol. The molecule has 0 aliphatic carbocycles. The molecular weight excluding hydrogens is 250 g/mol. The zero-order chi connectivity index (χ0) is 12.4. The van der Waals surface area contributed by atoms with Crippen LogP contribution in [0.3, 0.4) is 0 Å². The molecule has 3 heterocycles. The lowest BCUT2D eigenvalue weighted by atomic mass is 10.1. The van der Waals surface area contributed by atoms with Crippen LogP contribution in [0.5, 0.6) is 0 Å². The number of rotatable bonds is 5. The lowest BCUT2D eigenvalue weighted by Gasteiger charge is -2.01. The number of hydrogen-bond acceptors (Lipinski definition) is 6. The standard InChI is InChI=1S/C11H17N5OS/c1-2-12-5-3-9-15-16-10(8-4-6-17-7-8)13-14-11(16)18-9/h8,12H,2-7H2,1H3. The van der Waals surface area contributed by atoms with Gasteiger partial charge in [0.25, 0.3) is 0 Å². The lowest BCUT2D eigenvalue weighted by Crippen LogP contribution is -2.16. The summed E-state index contributed by atoms with van der Waals surface area (Å²) in [7, 11) is 0. The number of ether oxygens (including phenoxy) is 1. The van der Waals surface area contributed by atoms with E-state index in [0.29, 0.717) is 5.92 Å². The van der Waals surface area contributed by atoms with Crippen LogP contribution in [-0.4, -0.2) is 46.1 Å². The summed E-state index contributed by atoms with van der Waals surface area (Å²) in [6.07, 6.45) is 1.97. The molecule has 3 rings (SSSR count). The molecule has 0 radical (unpaired) electrons. The molecule has 1 aliphatic rings. The van der Waals surface area contributed by atoms with E-state index in [-0.39, 0.29) is 0 Å². The average Bonchev–Trinajstić information content (AvgIpc) is 3.03. The fourth-order valence-corrected chi connectivity index (χ4v) is 2.98. The third kappa shape index (κ3) is 2.25. The molecule has 1 aliphatic heterocycles. The second-order valence-corrected chi connectivity index (χ2v) is 5.45. The second-order valence-electron chi connectivity index (χ2n) is 4.41. The van der Waals surface area contributed by atoms with Gasteiger partial charge >= 0.3 is 0 Å². The van der Waals surface area contributed by atoms with Gasteiger partial charge in [-0.25, -0.2) is 0 Å². The molecule has 1 fully saturated rings. The number of aromatic nitrogens is 4. The Morgan fingerprint density at radius 3 is 3.22 bits per heavy atom. The number of likely N-dealkylation sites (N-methyl/N-ethyl adjacent to an activating group) is 1. The summed E-state index contributed by atoms with van der Waals surface area (Å²) in [5, 5.41) is 17.5. The van der Waals surface area contributed by atoms with Gasteiger partial charge in [-0.2, -0.15) is 9.61 Å². The SMILES string of the molecule is CCNCCc1nn2c(C3CCOC3)nnc2s1. The molecule has 0 bridgehead atoms. The fourth-order valence-electron chi connectivity index (χ4n) is 2.14.